The second kappa shape index (κ2) is 16.9. The highest BCUT2D eigenvalue weighted by Gasteiger charge is 2.16. The fourth-order valence-corrected chi connectivity index (χ4v) is 4.66. The van der Waals surface area contributed by atoms with Crippen LogP contribution in [-0.2, 0) is 17.7 Å². The maximum atomic E-state index is 15.0. The number of nitrogens with zero attached hydrogens (tertiary/aromatic N) is 3. The highest BCUT2D eigenvalue weighted by Crippen LogP contribution is 2.31. The van der Waals surface area contributed by atoms with Crippen LogP contribution in [0.1, 0.15) is 37.3 Å². The lowest BCUT2D eigenvalue weighted by Gasteiger charge is -2.09. The minimum absolute atomic E-state index is 0.0118. The van der Waals surface area contributed by atoms with E-state index in [2.05, 4.69) is 25.0 Å². The van der Waals surface area contributed by atoms with Crippen LogP contribution in [0.5, 0.6) is 0 Å². The van der Waals surface area contributed by atoms with Crippen molar-refractivity contribution < 1.29 is 13.5 Å². The number of nitrogens with two attached hydrogens (primary N) is 2. The second-order valence-corrected chi connectivity index (χ2v) is 10.7. The van der Waals surface area contributed by atoms with Gasteiger partial charge in [0.05, 0.1) is 22.2 Å². The topological polar surface area (TPSA) is 136 Å². The van der Waals surface area contributed by atoms with E-state index in [9.17, 15) is 9.18 Å². The van der Waals surface area contributed by atoms with E-state index in [1.807, 2.05) is 24.3 Å². The Hall–Kier alpha value is -3.64. The lowest BCUT2D eigenvalue weighted by atomic mass is 10.0. The Morgan fingerprint density at radius 3 is 2.58 bits per heavy atom. The van der Waals surface area contributed by atoms with Crippen LogP contribution in [0.25, 0.3) is 28.0 Å². The largest absolute Gasteiger partial charge is 0.388 e. The van der Waals surface area contributed by atoms with Gasteiger partial charge in [-0.2, -0.15) is 4.98 Å². The van der Waals surface area contributed by atoms with Gasteiger partial charge in [-0.1, -0.05) is 23.7 Å². The minimum Gasteiger partial charge on any atom is -0.388 e. The predicted octanol–water partition coefficient (Wildman–Crippen LogP) is 4.91. The fourth-order valence-electron chi connectivity index (χ4n) is 4.42. The summed E-state index contributed by atoms with van der Waals surface area (Å²) in [5, 5.41) is 4.00. The van der Waals surface area contributed by atoms with E-state index in [-0.39, 0.29) is 10.6 Å². The Morgan fingerprint density at radius 1 is 1.19 bits per heavy atom. The summed E-state index contributed by atoms with van der Waals surface area (Å²) >= 11 is 6.19. The van der Waals surface area contributed by atoms with Gasteiger partial charge in [-0.15, -0.1) is 0 Å². The van der Waals surface area contributed by atoms with Gasteiger partial charge in [0, 0.05) is 50.5 Å². The molecule has 4 aromatic rings. The quantitative estimate of drug-likeness (QED) is 0.0958. The molecule has 0 bridgehead atoms. The Labute approximate surface area is 255 Å². The molecule has 2 aromatic carbocycles. The number of aliphatic imine (C=N–C) groups is 1. The molecule has 1 atom stereocenters. The second-order valence-electron chi connectivity index (χ2n) is 10.3. The Kier molecular flexibility index (Phi) is 13.3. The number of aromatic nitrogens is 3. The van der Waals surface area contributed by atoms with Gasteiger partial charge < -0.3 is 26.5 Å². The van der Waals surface area contributed by atoms with Crippen LogP contribution in [0.2, 0.25) is 5.02 Å². The number of hydrogen-bond donors (Lipinski definition) is 4. The maximum Gasteiger partial charge on any atom is 0.354 e. The Bertz CT molecular complexity index is 1550. The lowest BCUT2D eigenvalue weighted by molar-refractivity contribution is 0.277. The molecule has 232 valence electrons. The van der Waals surface area contributed by atoms with Gasteiger partial charge in [-0.05, 0) is 80.6 Å². The summed E-state index contributed by atoms with van der Waals surface area (Å²) in [6.45, 7) is 3.39. The average molecular weight is 616 g/mol. The average Bonchev–Trinajstić information content (AvgIpc) is 3.39. The number of alkyl halides is 1. The molecule has 0 saturated heterocycles. The number of halogens is 3. The molecule has 0 aliphatic rings. The molecule has 0 radical (unpaired) electrons. The number of aryl methyl sites for hydroxylation is 1. The molecule has 0 fully saturated rings. The zero-order chi connectivity index (χ0) is 31.4. The number of methoxy groups -OCH3 is 1. The summed E-state index contributed by atoms with van der Waals surface area (Å²) < 4.78 is 33.4. The van der Waals surface area contributed by atoms with Crippen LogP contribution in [0.3, 0.4) is 0 Å². The third-order valence-electron chi connectivity index (χ3n) is 6.54. The fraction of sp³-hybridized carbons (Fsp3) is 0.387. The first-order valence-electron chi connectivity index (χ1n) is 14.1. The summed E-state index contributed by atoms with van der Waals surface area (Å²) in [5.74, 6) is 0.0166. The van der Waals surface area contributed by atoms with Crippen LogP contribution in [0, 0.1) is 5.82 Å². The van der Waals surface area contributed by atoms with Crippen molar-refractivity contribution in [2.45, 2.75) is 45.2 Å². The third-order valence-corrected chi connectivity index (χ3v) is 6.82. The van der Waals surface area contributed by atoms with Crippen LogP contribution in [0.4, 0.5) is 8.78 Å². The molecule has 1 unspecified atom stereocenters. The number of hydrogen-bond acceptors (Lipinski definition) is 6. The van der Waals surface area contributed by atoms with E-state index >= 15 is 4.39 Å². The zero-order valence-electron chi connectivity index (χ0n) is 24.8. The van der Waals surface area contributed by atoms with E-state index in [1.165, 1.54) is 4.57 Å². The molecule has 0 spiro atoms. The third kappa shape index (κ3) is 9.96. The van der Waals surface area contributed by atoms with E-state index < -0.39 is 24.2 Å². The first kappa shape index (κ1) is 33.9. The van der Waals surface area contributed by atoms with Crippen LogP contribution in [-0.4, -0.2) is 60.4 Å². The molecule has 2 heterocycles. The van der Waals surface area contributed by atoms with Crippen molar-refractivity contribution in [3.8, 4) is 16.9 Å². The number of fused-ring (bicyclic) bond motifs is 1. The molecular weight excluding hydrogens is 576 g/mol. The summed E-state index contributed by atoms with van der Waals surface area (Å²) in [7, 11) is 3.25. The molecule has 12 heteroatoms. The van der Waals surface area contributed by atoms with Gasteiger partial charge in [0.15, 0.2) is 5.82 Å². The summed E-state index contributed by atoms with van der Waals surface area (Å²) in [6, 6.07) is 12.1. The first-order chi connectivity index (χ1) is 20.7. The molecule has 43 heavy (non-hydrogen) atoms. The van der Waals surface area contributed by atoms with Crippen molar-refractivity contribution >= 4 is 28.5 Å². The zero-order valence-corrected chi connectivity index (χ0v) is 25.6. The van der Waals surface area contributed by atoms with E-state index in [4.69, 9.17) is 23.1 Å². The number of aromatic amines is 1. The molecule has 2 aromatic heterocycles. The summed E-state index contributed by atoms with van der Waals surface area (Å²) in [5.41, 5.74) is 14.4. The molecule has 0 aliphatic heterocycles. The molecule has 6 N–H and O–H groups in total. The van der Waals surface area contributed by atoms with Gasteiger partial charge in [0.1, 0.15) is 12.3 Å². The number of amidine groups is 1. The highest BCUT2D eigenvalue weighted by atomic mass is 35.5. The van der Waals surface area contributed by atoms with Crippen LogP contribution < -0.4 is 22.5 Å². The van der Waals surface area contributed by atoms with Crippen molar-refractivity contribution in [2.24, 2.45) is 16.5 Å². The predicted molar refractivity (Wildman–Crippen MR) is 170 cm³/mol. The van der Waals surface area contributed by atoms with Gasteiger partial charge in [-0.3, -0.25) is 9.56 Å². The summed E-state index contributed by atoms with van der Waals surface area (Å²) in [6.07, 6.45) is 4.32. The monoisotopic (exact) mass is 615 g/mol. The Balaban J connectivity index is 0.00000162. The van der Waals surface area contributed by atoms with Gasteiger partial charge >= 0.3 is 5.69 Å². The maximum absolute atomic E-state index is 15.0. The van der Waals surface area contributed by atoms with Crippen molar-refractivity contribution in [2.75, 3.05) is 34.0 Å². The number of ether oxygens (including phenoxy) is 1. The number of benzene rings is 2. The van der Waals surface area contributed by atoms with Crippen molar-refractivity contribution in [1.29, 1.82) is 0 Å². The Morgan fingerprint density at radius 2 is 1.91 bits per heavy atom. The summed E-state index contributed by atoms with van der Waals surface area (Å²) in [4.78, 5) is 24.2. The molecule has 4 rings (SSSR count). The SMILES string of the molecule is CC(N)=NCCCNCc1ccc(-n2cc3cc(-c4cc(CCCC(N)CF)cc(Cl)c4F)[nH]c3nc2=O)cc1.COC. The van der Waals surface area contributed by atoms with Crippen molar-refractivity contribution in [1.82, 2.24) is 19.9 Å². The number of H-pyrrole nitrogens is 1. The normalized spacial score (nSPS) is 12.3. The number of rotatable bonds is 13. The number of nitrogens with one attached hydrogen (secondary N) is 2. The van der Waals surface area contributed by atoms with Crippen LogP contribution in [0.15, 0.2) is 58.4 Å². The molecule has 9 nitrogen and oxygen atoms in total. The first-order valence-corrected chi connectivity index (χ1v) is 14.4. The molecule has 0 amide bonds. The molecule has 0 aliphatic carbocycles. The smallest absolute Gasteiger partial charge is 0.354 e. The van der Waals surface area contributed by atoms with Crippen molar-refractivity contribution in [3.63, 3.8) is 0 Å². The molecular formula is C31H40ClF2N7O2. The van der Waals surface area contributed by atoms with E-state index in [1.54, 1.807) is 45.5 Å². The standard InChI is InChI=1S/C29H34ClF2N7O.C2H6O/c1-18(33)36-11-3-10-35-16-19-6-8-23(9-7-19)39-17-21-14-26(37-28(21)38-29(39)40)24-12-20(13-25(30)27(24)32)4-2-5-22(34)15-31;1-3-2/h6-9,12-14,17,22,35H,2-5,10-11,15-16,34H2,1H3,(H2,33,36)(H,37,38,40);1-2H3. The van der Waals surface area contributed by atoms with E-state index in [0.29, 0.717) is 60.6 Å². The lowest BCUT2D eigenvalue weighted by Crippen LogP contribution is -2.21. The van der Waals surface area contributed by atoms with Gasteiger partial charge in [0.2, 0.25) is 0 Å². The highest BCUT2D eigenvalue weighted by molar-refractivity contribution is 6.31. The van der Waals surface area contributed by atoms with Gasteiger partial charge in [0.25, 0.3) is 0 Å². The molecule has 0 saturated carbocycles. The van der Waals surface area contributed by atoms with Crippen molar-refractivity contribution in [3.05, 3.63) is 81.1 Å². The van der Waals surface area contributed by atoms with E-state index in [0.717, 1.165) is 24.1 Å². The minimum atomic E-state index is -0.577. The van der Waals surface area contributed by atoms with Crippen LogP contribution >= 0.6 is 11.6 Å². The van der Waals surface area contributed by atoms with Gasteiger partial charge in [-0.25, -0.2) is 13.6 Å².